The molecule has 0 radical (unpaired) electrons. The number of nitrogens with one attached hydrogen (secondary N) is 2. The summed E-state index contributed by atoms with van der Waals surface area (Å²) in [6.07, 6.45) is 2.68. The number of aromatic nitrogens is 2. The van der Waals surface area contributed by atoms with Crippen molar-refractivity contribution in [1.82, 2.24) is 20.4 Å². The molecule has 134 valence electrons. The summed E-state index contributed by atoms with van der Waals surface area (Å²) in [5.41, 5.74) is 1.84. The molecule has 3 N–H and O–H groups in total. The molecule has 2 rings (SSSR count). The summed E-state index contributed by atoms with van der Waals surface area (Å²) in [6.45, 7) is 6.74. The fourth-order valence-electron chi connectivity index (χ4n) is 2.92. The van der Waals surface area contributed by atoms with Crippen LogP contribution < -0.4 is 5.32 Å². The van der Waals surface area contributed by atoms with Crippen LogP contribution >= 0.6 is 0 Å². The van der Waals surface area contributed by atoms with Crippen molar-refractivity contribution in [2.75, 3.05) is 7.05 Å². The SMILES string of the molecule is CN(Cc1cc(C(C)(C)C)n[nH]1)C(=O)NC1CCC(C(=O)O)CC1. The molecule has 1 fully saturated rings. The highest BCUT2D eigenvalue weighted by atomic mass is 16.4. The van der Waals surface area contributed by atoms with Gasteiger partial charge in [-0.2, -0.15) is 5.10 Å². The Morgan fingerprint density at radius 1 is 1.33 bits per heavy atom. The van der Waals surface area contributed by atoms with Gasteiger partial charge in [0.2, 0.25) is 0 Å². The largest absolute Gasteiger partial charge is 0.481 e. The fourth-order valence-corrected chi connectivity index (χ4v) is 2.92. The second kappa shape index (κ2) is 7.23. The smallest absolute Gasteiger partial charge is 0.317 e. The molecule has 2 amide bonds. The van der Waals surface area contributed by atoms with Crippen LogP contribution in [-0.4, -0.2) is 45.3 Å². The van der Waals surface area contributed by atoms with Crippen LogP contribution in [0.5, 0.6) is 0 Å². The van der Waals surface area contributed by atoms with Gasteiger partial charge in [0.1, 0.15) is 0 Å². The Kier molecular flexibility index (Phi) is 5.51. The van der Waals surface area contributed by atoms with E-state index in [2.05, 4.69) is 36.3 Å². The number of carbonyl (C=O) groups is 2. The molecular weight excluding hydrogens is 308 g/mol. The van der Waals surface area contributed by atoms with Gasteiger partial charge in [-0.15, -0.1) is 0 Å². The van der Waals surface area contributed by atoms with E-state index in [1.807, 2.05) is 6.07 Å². The molecule has 1 saturated carbocycles. The Morgan fingerprint density at radius 3 is 2.46 bits per heavy atom. The lowest BCUT2D eigenvalue weighted by molar-refractivity contribution is -0.142. The van der Waals surface area contributed by atoms with Crippen molar-refractivity contribution in [2.24, 2.45) is 5.92 Å². The lowest BCUT2D eigenvalue weighted by atomic mass is 9.86. The van der Waals surface area contributed by atoms with Gasteiger partial charge in [-0.1, -0.05) is 20.8 Å². The van der Waals surface area contributed by atoms with Crippen molar-refractivity contribution in [2.45, 2.75) is 64.5 Å². The standard InChI is InChI=1S/C17H28N4O3/c1-17(2,3)14-9-13(19-20-14)10-21(4)16(24)18-12-7-5-11(6-8-12)15(22)23/h9,11-12H,5-8,10H2,1-4H3,(H,18,24)(H,19,20)(H,22,23). The van der Waals surface area contributed by atoms with E-state index >= 15 is 0 Å². The zero-order chi connectivity index (χ0) is 17.9. The van der Waals surface area contributed by atoms with Gasteiger partial charge in [0.05, 0.1) is 23.9 Å². The van der Waals surface area contributed by atoms with E-state index in [-0.39, 0.29) is 23.4 Å². The van der Waals surface area contributed by atoms with E-state index in [1.54, 1.807) is 11.9 Å². The van der Waals surface area contributed by atoms with E-state index < -0.39 is 5.97 Å². The first-order valence-electron chi connectivity index (χ1n) is 8.46. The third-order valence-corrected chi connectivity index (χ3v) is 4.56. The Balaban J connectivity index is 1.82. The van der Waals surface area contributed by atoms with Gasteiger partial charge in [-0.05, 0) is 31.7 Å². The Morgan fingerprint density at radius 2 is 1.96 bits per heavy atom. The van der Waals surface area contributed by atoms with Crippen LogP contribution in [0.3, 0.4) is 0 Å². The number of amides is 2. The van der Waals surface area contributed by atoms with Gasteiger partial charge in [-0.25, -0.2) is 4.79 Å². The highest BCUT2D eigenvalue weighted by Gasteiger charge is 2.27. The number of rotatable bonds is 4. The number of nitrogens with zero attached hydrogens (tertiary/aromatic N) is 2. The van der Waals surface area contributed by atoms with Crippen LogP contribution in [-0.2, 0) is 16.8 Å². The van der Waals surface area contributed by atoms with Crippen LogP contribution in [0, 0.1) is 5.92 Å². The lowest BCUT2D eigenvalue weighted by Crippen LogP contribution is -2.44. The maximum Gasteiger partial charge on any atom is 0.317 e. The number of H-pyrrole nitrogens is 1. The minimum atomic E-state index is -0.731. The van der Waals surface area contributed by atoms with Crippen molar-refractivity contribution < 1.29 is 14.7 Å². The molecule has 0 aromatic carbocycles. The molecule has 0 atom stereocenters. The zero-order valence-electron chi connectivity index (χ0n) is 14.9. The summed E-state index contributed by atoms with van der Waals surface area (Å²) >= 11 is 0. The minimum Gasteiger partial charge on any atom is -0.481 e. The number of carboxylic acids is 1. The highest BCUT2D eigenvalue weighted by Crippen LogP contribution is 2.24. The molecule has 1 aliphatic carbocycles. The molecule has 24 heavy (non-hydrogen) atoms. The summed E-state index contributed by atoms with van der Waals surface area (Å²) in [4.78, 5) is 24.9. The molecular formula is C17H28N4O3. The lowest BCUT2D eigenvalue weighted by Gasteiger charge is -2.28. The van der Waals surface area contributed by atoms with Crippen LogP contribution in [0.1, 0.15) is 57.8 Å². The third-order valence-electron chi connectivity index (χ3n) is 4.56. The molecule has 0 saturated heterocycles. The summed E-state index contributed by atoms with van der Waals surface area (Å²) in [6, 6.07) is 1.91. The topological polar surface area (TPSA) is 98.3 Å². The molecule has 1 aromatic rings. The number of aromatic amines is 1. The number of urea groups is 1. The second-order valence-corrected chi connectivity index (χ2v) is 7.72. The molecule has 1 aromatic heterocycles. The summed E-state index contributed by atoms with van der Waals surface area (Å²) in [5.74, 6) is -0.998. The first-order chi connectivity index (χ1) is 11.2. The van der Waals surface area contributed by atoms with Crippen LogP contribution in [0.25, 0.3) is 0 Å². The van der Waals surface area contributed by atoms with Crippen molar-refractivity contribution >= 4 is 12.0 Å². The number of hydrogen-bond donors (Lipinski definition) is 3. The molecule has 1 heterocycles. The Hall–Kier alpha value is -2.05. The van der Waals surface area contributed by atoms with E-state index in [0.29, 0.717) is 19.4 Å². The predicted octanol–water partition coefficient (Wildman–Crippen LogP) is 2.49. The maximum absolute atomic E-state index is 12.3. The molecule has 0 bridgehead atoms. The van der Waals surface area contributed by atoms with Gasteiger partial charge in [0.25, 0.3) is 0 Å². The van der Waals surface area contributed by atoms with E-state index in [4.69, 9.17) is 5.11 Å². The summed E-state index contributed by atoms with van der Waals surface area (Å²) in [7, 11) is 1.75. The van der Waals surface area contributed by atoms with Crippen molar-refractivity contribution in [3.63, 3.8) is 0 Å². The van der Waals surface area contributed by atoms with Crippen molar-refractivity contribution in [3.05, 3.63) is 17.5 Å². The number of carboxylic acid groups (broad SMARTS) is 1. The van der Waals surface area contributed by atoms with E-state index in [9.17, 15) is 9.59 Å². The van der Waals surface area contributed by atoms with Gasteiger partial charge in [0, 0.05) is 18.5 Å². The number of hydrogen-bond acceptors (Lipinski definition) is 3. The molecule has 7 heteroatoms. The Labute approximate surface area is 142 Å². The van der Waals surface area contributed by atoms with Gasteiger partial charge in [-0.3, -0.25) is 9.89 Å². The summed E-state index contributed by atoms with van der Waals surface area (Å²) < 4.78 is 0. The van der Waals surface area contributed by atoms with Crippen LogP contribution in [0.15, 0.2) is 6.07 Å². The molecule has 0 spiro atoms. The number of aliphatic carboxylic acids is 1. The molecule has 7 nitrogen and oxygen atoms in total. The van der Waals surface area contributed by atoms with Gasteiger partial charge < -0.3 is 15.3 Å². The maximum atomic E-state index is 12.3. The fraction of sp³-hybridized carbons (Fsp3) is 0.706. The highest BCUT2D eigenvalue weighted by molar-refractivity contribution is 5.74. The first kappa shape index (κ1) is 18.3. The van der Waals surface area contributed by atoms with E-state index in [1.165, 1.54) is 0 Å². The predicted molar refractivity (Wildman–Crippen MR) is 90.7 cm³/mol. The summed E-state index contributed by atoms with van der Waals surface area (Å²) in [5, 5.41) is 19.3. The quantitative estimate of drug-likeness (QED) is 0.786. The average molecular weight is 336 g/mol. The monoisotopic (exact) mass is 336 g/mol. The second-order valence-electron chi connectivity index (χ2n) is 7.72. The molecule has 0 unspecified atom stereocenters. The average Bonchev–Trinajstić information content (AvgIpc) is 2.96. The van der Waals surface area contributed by atoms with E-state index in [0.717, 1.165) is 24.2 Å². The normalized spacial score (nSPS) is 21.3. The zero-order valence-corrected chi connectivity index (χ0v) is 14.9. The minimum absolute atomic E-state index is 0.0294. The van der Waals surface area contributed by atoms with Crippen molar-refractivity contribution in [3.8, 4) is 0 Å². The van der Waals surface area contributed by atoms with Crippen LogP contribution in [0.2, 0.25) is 0 Å². The molecule has 0 aliphatic heterocycles. The third kappa shape index (κ3) is 4.72. The number of carbonyl (C=O) groups excluding carboxylic acids is 1. The van der Waals surface area contributed by atoms with Gasteiger partial charge >= 0.3 is 12.0 Å². The first-order valence-corrected chi connectivity index (χ1v) is 8.46. The van der Waals surface area contributed by atoms with Gasteiger partial charge in [0.15, 0.2) is 0 Å². The van der Waals surface area contributed by atoms with Crippen LogP contribution in [0.4, 0.5) is 4.79 Å². The van der Waals surface area contributed by atoms with Crippen molar-refractivity contribution in [1.29, 1.82) is 0 Å². The Bertz CT molecular complexity index is 583. The molecule has 1 aliphatic rings.